The van der Waals surface area contributed by atoms with E-state index in [1.54, 1.807) is 12.4 Å². The highest BCUT2D eigenvalue weighted by Gasteiger charge is 2.31. The van der Waals surface area contributed by atoms with Gasteiger partial charge in [0, 0.05) is 44.1 Å². The van der Waals surface area contributed by atoms with Gasteiger partial charge in [0.1, 0.15) is 11.7 Å². The topological polar surface area (TPSA) is 91.8 Å². The molecule has 0 radical (unpaired) electrons. The Morgan fingerprint density at radius 1 is 1.30 bits per heavy atom. The van der Waals surface area contributed by atoms with E-state index >= 15 is 0 Å². The number of hydrogen-bond donors (Lipinski definition) is 2. The maximum Gasteiger partial charge on any atom is 0.133 e. The summed E-state index contributed by atoms with van der Waals surface area (Å²) in [7, 11) is 0. The Bertz CT molecular complexity index is 851. The van der Waals surface area contributed by atoms with Crippen molar-refractivity contribution in [1.29, 1.82) is 0 Å². The highest BCUT2D eigenvalue weighted by atomic mass is 15.2. The second-order valence-electron chi connectivity index (χ2n) is 7.02. The molecule has 1 aliphatic carbocycles. The molecule has 2 fully saturated rings. The van der Waals surface area contributed by atoms with Crippen LogP contribution in [0.15, 0.2) is 40.7 Å². The average Bonchev–Trinajstić information content (AvgIpc) is 3.54. The van der Waals surface area contributed by atoms with Gasteiger partial charge in [-0.15, -0.1) is 0 Å². The first kappa shape index (κ1) is 17.6. The Labute approximate surface area is 159 Å². The predicted octanol–water partition coefficient (Wildman–Crippen LogP) is 2.12. The molecule has 140 valence electrons. The van der Waals surface area contributed by atoms with E-state index in [0.717, 1.165) is 48.8 Å². The van der Waals surface area contributed by atoms with Crippen molar-refractivity contribution in [3.8, 4) is 0 Å². The maximum atomic E-state index is 5.83. The lowest BCUT2D eigenvalue weighted by atomic mass is 10.0. The molecule has 0 bridgehead atoms. The van der Waals surface area contributed by atoms with Gasteiger partial charge in [-0.1, -0.05) is 0 Å². The lowest BCUT2D eigenvalue weighted by Crippen LogP contribution is -2.47. The Morgan fingerprint density at radius 2 is 2.11 bits per heavy atom. The molecule has 1 saturated heterocycles. The molecule has 27 heavy (non-hydrogen) atoms. The molecule has 0 atom stereocenters. The number of piperazine rings is 1. The fourth-order valence-corrected chi connectivity index (χ4v) is 3.51. The van der Waals surface area contributed by atoms with Gasteiger partial charge in [0.25, 0.3) is 0 Å². The molecule has 0 unspecified atom stereocenters. The molecule has 2 aliphatic rings. The van der Waals surface area contributed by atoms with Gasteiger partial charge in [-0.05, 0) is 48.7 Å². The summed E-state index contributed by atoms with van der Waals surface area (Å²) in [6.45, 7) is 8.05. The van der Waals surface area contributed by atoms with E-state index in [2.05, 4.69) is 31.9 Å². The van der Waals surface area contributed by atoms with Gasteiger partial charge in [-0.25, -0.2) is 4.98 Å². The summed E-state index contributed by atoms with van der Waals surface area (Å²) < 4.78 is 0. The molecule has 1 saturated carbocycles. The summed E-state index contributed by atoms with van der Waals surface area (Å²) in [6.07, 6.45) is 7.89. The molecular formula is C20H25N7. The van der Waals surface area contributed by atoms with E-state index in [-0.39, 0.29) is 0 Å². The van der Waals surface area contributed by atoms with Gasteiger partial charge in [-0.2, -0.15) is 0 Å². The molecule has 2 aromatic rings. The second-order valence-corrected chi connectivity index (χ2v) is 7.02. The van der Waals surface area contributed by atoms with Crippen LogP contribution in [-0.4, -0.2) is 53.6 Å². The largest absolute Gasteiger partial charge is 0.384 e. The highest BCUT2D eigenvalue weighted by Crippen LogP contribution is 2.43. The van der Waals surface area contributed by atoms with Gasteiger partial charge in [-0.3, -0.25) is 15.0 Å². The molecule has 7 heteroatoms. The number of nitrogens with one attached hydrogen (secondary N) is 1. The summed E-state index contributed by atoms with van der Waals surface area (Å²) in [5.41, 5.74) is 10.0. The van der Waals surface area contributed by atoms with Crippen molar-refractivity contribution in [3.63, 3.8) is 0 Å². The van der Waals surface area contributed by atoms with Crippen LogP contribution in [0.4, 0.5) is 11.5 Å². The second kappa shape index (κ2) is 7.84. The van der Waals surface area contributed by atoms with Crippen LogP contribution < -0.4 is 11.1 Å². The van der Waals surface area contributed by atoms with Crippen molar-refractivity contribution in [2.45, 2.75) is 25.3 Å². The number of amidine groups is 1. The minimum absolute atomic E-state index is 0.516. The van der Waals surface area contributed by atoms with Gasteiger partial charge in [0.05, 0.1) is 18.4 Å². The standard InChI is InChI=1S/C20H25N7/c1-22-17-13-24-12-16(15-2-3-15)19(17)20(27-8-6-23-7-9-27)26-11-14-4-5-25-18(21)10-14/h4-5,10,12-13,15,23H,1-3,6-9,11H2,(H2,21,25). The fraction of sp³-hybridized carbons (Fsp3) is 0.400. The number of rotatable bonds is 5. The molecule has 7 nitrogen and oxygen atoms in total. The van der Waals surface area contributed by atoms with Crippen LogP contribution in [0.2, 0.25) is 0 Å². The molecule has 0 spiro atoms. The molecule has 3 heterocycles. The van der Waals surface area contributed by atoms with Crippen LogP contribution in [0.1, 0.15) is 35.4 Å². The monoisotopic (exact) mass is 363 g/mol. The summed E-state index contributed by atoms with van der Waals surface area (Å²) in [5, 5.41) is 3.41. The number of aliphatic imine (C=N–C) groups is 2. The number of nitrogens with two attached hydrogens (primary N) is 1. The van der Waals surface area contributed by atoms with Crippen LogP contribution in [0.5, 0.6) is 0 Å². The Balaban J connectivity index is 1.76. The van der Waals surface area contributed by atoms with Crippen molar-refractivity contribution in [1.82, 2.24) is 20.2 Å². The molecular weight excluding hydrogens is 338 g/mol. The summed E-state index contributed by atoms with van der Waals surface area (Å²) >= 11 is 0. The smallest absolute Gasteiger partial charge is 0.133 e. The van der Waals surface area contributed by atoms with Crippen LogP contribution in [-0.2, 0) is 6.54 Å². The minimum atomic E-state index is 0.516. The van der Waals surface area contributed by atoms with E-state index in [9.17, 15) is 0 Å². The first-order chi connectivity index (χ1) is 13.3. The zero-order chi connectivity index (χ0) is 18.6. The van der Waals surface area contributed by atoms with Gasteiger partial charge < -0.3 is 16.0 Å². The Morgan fingerprint density at radius 3 is 2.81 bits per heavy atom. The zero-order valence-electron chi connectivity index (χ0n) is 15.4. The first-order valence-corrected chi connectivity index (χ1v) is 9.42. The fourth-order valence-electron chi connectivity index (χ4n) is 3.51. The van der Waals surface area contributed by atoms with E-state index in [1.165, 1.54) is 18.4 Å². The number of aromatic nitrogens is 2. The summed E-state index contributed by atoms with van der Waals surface area (Å²) in [6, 6.07) is 3.83. The van der Waals surface area contributed by atoms with E-state index < -0.39 is 0 Å². The van der Waals surface area contributed by atoms with E-state index in [0.29, 0.717) is 18.3 Å². The van der Waals surface area contributed by atoms with Gasteiger partial charge in [0.2, 0.25) is 0 Å². The Kier molecular flexibility index (Phi) is 5.11. The summed E-state index contributed by atoms with van der Waals surface area (Å²) in [5.74, 6) is 2.06. The quantitative estimate of drug-likeness (QED) is 0.627. The molecule has 4 rings (SSSR count). The zero-order valence-corrected chi connectivity index (χ0v) is 15.4. The maximum absolute atomic E-state index is 5.83. The Hall–Kier alpha value is -2.80. The van der Waals surface area contributed by atoms with Crippen molar-refractivity contribution in [2.75, 3.05) is 31.9 Å². The van der Waals surface area contributed by atoms with Crippen LogP contribution in [0.25, 0.3) is 0 Å². The first-order valence-electron chi connectivity index (χ1n) is 9.42. The van der Waals surface area contributed by atoms with Gasteiger partial charge in [0.15, 0.2) is 0 Å². The third-order valence-corrected chi connectivity index (χ3v) is 5.04. The SMILES string of the molecule is C=Nc1cncc(C2CC2)c1C(=NCc1ccnc(N)c1)N1CCNCC1. The predicted molar refractivity (Wildman–Crippen MR) is 109 cm³/mol. The molecule has 2 aromatic heterocycles. The van der Waals surface area contributed by atoms with Crippen LogP contribution in [0.3, 0.4) is 0 Å². The molecule has 1 aliphatic heterocycles. The van der Waals surface area contributed by atoms with Crippen molar-refractivity contribution in [3.05, 3.63) is 47.4 Å². The van der Waals surface area contributed by atoms with Crippen LogP contribution in [0, 0.1) is 0 Å². The number of pyridine rings is 2. The normalized spacial score (nSPS) is 17.8. The number of nitrogens with zero attached hydrogens (tertiary/aromatic N) is 5. The summed E-state index contributed by atoms with van der Waals surface area (Å²) in [4.78, 5) is 20.1. The average molecular weight is 363 g/mol. The molecule has 0 aromatic carbocycles. The number of hydrogen-bond acceptors (Lipinski definition) is 6. The van der Waals surface area contributed by atoms with Crippen molar-refractivity contribution < 1.29 is 0 Å². The van der Waals surface area contributed by atoms with Crippen molar-refractivity contribution in [2.24, 2.45) is 9.98 Å². The van der Waals surface area contributed by atoms with E-state index in [4.69, 9.17) is 10.7 Å². The van der Waals surface area contributed by atoms with Crippen molar-refractivity contribution >= 4 is 24.1 Å². The lowest BCUT2D eigenvalue weighted by Gasteiger charge is -2.32. The van der Waals surface area contributed by atoms with Crippen LogP contribution >= 0.6 is 0 Å². The van der Waals surface area contributed by atoms with Gasteiger partial charge >= 0.3 is 0 Å². The number of nitrogen functional groups attached to an aromatic ring is 1. The third kappa shape index (κ3) is 3.98. The minimum Gasteiger partial charge on any atom is -0.384 e. The lowest BCUT2D eigenvalue weighted by molar-refractivity contribution is 0.357. The molecule has 0 amide bonds. The van der Waals surface area contributed by atoms with E-state index in [1.807, 2.05) is 18.3 Å². The number of anilines is 1. The highest BCUT2D eigenvalue weighted by molar-refractivity contribution is 6.04. The third-order valence-electron chi connectivity index (χ3n) is 5.04. The molecule has 3 N–H and O–H groups in total.